The quantitative estimate of drug-likeness (QED) is 0.379. The van der Waals surface area contributed by atoms with Gasteiger partial charge >= 0.3 is 18.9 Å². The first-order chi connectivity index (χ1) is 6.00. The minimum absolute atomic E-state index is 0. The Morgan fingerprint density at radius 1 is 0.692 bits per heavy atom. The molecule has 0 saturated carbocycles. The van der Waals surface area contributed by atoms with Crippen LogP contribution in [0.25, 0.3) is 0 Å². The summed E-state index contributed by atoms with van der Waals surface area (Å²) in [5.74, 6) is 0. The third-order valence-electron chi connectivity index (χ3n) is 1.17. The summed E-state index contributed by atoms with van der Waals surface area (Å²) in [6.45, 7) is 0. The molecule has 0 fully saturated rings. The molecule has 2 heteroatoms. The van der Waals surface area contributed by atoms with Gasteiger partial charge in [-0.3, -0.25) is 4.98 Å². The third-order valence-corrected chi connectivity index (χ3v) is 1.17. The van der Waals surface area contributed by atoms with Crippen molar-refractivity contribution in [3.63, 3.8) is 0 Å². The van der Waals surface area contributed by atoms with Gasteiger partial charge in [-0.15, -0.1) is 0 Å². The van der Waals surface area contributed by atoms with E-state index in [0.29, 0.717) is 0 Å². The first kappa shape index (κ1) is 12.0. The van der Waals surface area contributed by atoms with Gasteiger partial charge in [-0.05, 0) is 12.1 Å². The molecule has 0 N–H and O–H groups in total. The van der Waals surface area contributed by atoms with Crippen LogP contribution in [-0.4, -0.2) is 4.98 Å². The average molecular weight is 163 g/mol. The van der Waals surface area contributed by atoms with Gasteiger partial charge in [0.05, 0.1) is 0 Å². The first-order valence-electron chi connectivity index (χ1n) is 3.76. The molecule has 2 aromatic rings. The zero-order valence-electron chi connectivity index (χ0n) is 7.72. The predicted octanol–water partition coefficient (Wildman–Crippen LogP) is -0.428. The van der Waals surface area contributed by atoms with Crippen LogP contribution in [0, 0.1) is 6.07 Å². The van der Waals surface area contributed by atoms with E-state index < -0.39 is 0 Å². The molecule has 2 rings (SSSR count). The Kier molecular flexibility index (Phi) is 8.34. The molecule has 60 valence electrons. The molecule has 0 saturated heterocycles. The van der Waals surface area contributed by atoms with Gasteiger partial charge in [-0.25, -0.2) is 0 Å². The number of hydrogen-bond donors (Lipinski definition) is 0. The van der Waals surface area contributed by atoms with Gasteiger partial charge in [-0.2, -0.15) is 36.4 Å². The topological polar surface area (TPSA) is 12.9 Å². The third kappa shape index (κ3) is 7.33. The second kappa shape index (κ2) is 9.06. The van der Waals surface area contributed by atoms with Crippen molar-refractivity contribution in [2.75, 3.05) is 0 Å². The maximum atomic E-state index is 3.78. The minimum Gasteiger partial charge on any atom is -0.265 e. The van der Waals surface area contributed by atoms with Crippen molar-refractivity contribution in [3.05, 3.63) is 67.0 Å². The fraction of sp³-hybridized carbons (Fsp3) is 0. The average Bonchev–Trinajstić information content (AvgIpc) is 2.24. The number of benzene rings is 1. The molecule has 0 aliphatic rings. The summed E-state index contributed by atoms with van der Waals surface area (Å²) in [5.41, 5.74) is 0. The van der Waals surface area contributed by atoms with Gasteiger partial charge in [0.2, 0.25) is 0 Å². The van der Waals surface area contributed by atoms with Crippen molar-refractivity contribution in [2.24, 2.45) is 0 Å². The van der Waals surface area contributed by atoms with Gasteiger partial charge in [0.25, 0.3) is 0 Å². The van der Waals surface area contributed by atoms with Crippen molar-refractivity contribution in [3.8, 4) is 0 Å². The molecular weight excluding hydrogens is 153 g/mol. The van der Waals surface area contributed by atoms with Crippen LogP contribution in [0.2, 0.25) is 0 Å². The molecule has 0 spiro atoms. The van der Waals surface area contributed by atoms with Crippen LogP contribution < -0.4 is 18.9 Å². The van der Waals surface area contributed by atoms with E-state index in [-0.39, 0.29) is 18.9 Å². The van der Waals surface area contributed by atoms with E-state index in [9.17, 15) is 0 Å². The standard InChI is InChI=1S/C6H5.C5H5N.Li/c2*1-2-4-6-5-3-1;/h2*1-5H;/q-1;;+1. The van der Waals surface area contributed by atoms with Crippen molar-refractivity contribution in [2.45, 2.75) is 0 Å². The second-order valence-corrected chi connectivity index (χ2v) is 2.10. The summed E-state index contributed by atoms with van der Waals surface area (Å²) >= 11 is 0. The number of rotatable bonds is 0. The van der Waals surface area contributed by atoms with Crippen molar-refractivity contribution >= 4 is 0 Å². The molecule has 0 bridgehead atoms. The van der Waals surface area contributed by atoms with E-state index in [0.717, 1.165) is 0 Å². The zero-order chi connectivity index (χ0) is 8.49. The molecule has 1 aromatic carbocycles. The number of hydrogen-bond acceptors (Lipinski definition) is 1. The van der Waals surface area contributed by atoms with Crippen molar-refractivity contribution in [1.82, 2.24) is 4.98 Å². The van der Waals surface area contributed by atoms with E-state index >= 15 is 0 Å². The van der Waals surface area contributed by atoms with Crippen LogP contribution in [-0.2, 0) is 0 Å². The molecule has 0 amide bonds. The van der Waals surface area contributed by atoms with Gasteiger partial charge in [0.1, 0.15) is 0 Å². The minimum atomic E-state index is 0. The van der Waals surface area contributed by atoms with E-state index in [2.05, 4.69) is 11.1 Å². The van der Waals surface area contributed by atoms with Crippen LogP contribution in [0.5, 0.6) is 0 Å². The summed E-state index contributed by atoms with van der Waals surface area (Å²) < 4.78 is 0. The molecule has 1 aromatic heterocycles. The van der Waals surface area contributed by atoms with E-state index in [1.165, 1.54) is 0 Å². The Hall–Kier alpha value is -1.03. The Labute approximate surface area is 91.0 Å². The molecule has 0 aliphatic heterocycles. The van der Waals surface area contributed by atoms with Crippen molar-refractivity contribution < 1.29 is 18.9 Å². The van der Waals surface area contributed by atoms with Crippen LogP contribution in [0.15, 0.2) is 60.9 Å². The largest absolute Gasteiger partial charge is 1.00 e. The maximum absolute atomic E-state index is 3.78. The Bertz CT molecular complexity index is 185. The Morgan fingerprint density at radius 2 is 1.23 bits per heavy atom. The fourth-order valence-electron chi connectivity index (χ4n) is 0.655. The summed E-state index contributed by atoms with van der Waals surface area (Å²) in [6.07, 6.45) is 3.50. The van der Waals surface area contributed by atoms with E-state index in [1.807, 2.05) is 48.5 Å². The van der Waals surface area contributed by atoms with Crippen LogP contribution in [0.1, 0.15) is 0 Å². The van der Waals surface area contributed by atoms with E-state index in [1.54, 1.807) is 12.4 Å². The molecule has 1 nitrogen and oxygen atoms in total. The molecule has 0 aliphatic carbocycles. The van der Waals surface area contributed by atoms with Gasteiger partial charge in [-0.1, -0.05) is 6.07 Å². The summed E-state index contributed by atoms with van der Waals surface area (Å²) in [5, 5.41) is 0. The fourth-order valence-corrected chi connectivity index (χ4v) is 0.655. The maximum Gasteiger partial charge on any atom is 1.00 e. The Balaban J connectivity index is 0.000000206. The van der Waals surface area contributed by atoms with Crippen LogP contribution in [0.3, 0.4) is 0 Å². The first-order valence-corrected chi connectivity index (χ1v) is 3.76. The smallest absolute Gasteiger partial charge is 0.265 e. The summed E-state index contributed by atoms with van der Waals surface area (Å²) in [6, 6.07) is 18.2. The summed E-state index contributed by atoms with van der Waals surface area (Å²) in [4.78, 5) is 3.78. The zero-order valence-corrected chi connectivity index (χ0v) is 7.72. The second-order valence-electron chi connectivity index (χ2n) is 2.10. The van der Waals surface area contributed by atoms with Gasteiger partial charge < -0.3 is 0 Å². The van der Waals surface area contributed by atoms with Crippen molar-refractivity contribution in [1.29, 1.82) is 0 Å². The van der Waals surface area contributed by atoms with Gasteiger partial charge in [0.15, 0.2) is 0 Å². The molecular formula is C11H10LiN. The summed E-state index contributed by atoms with van der Waals surface area (Å²) in [7, 11) is 0. The molecule has 1 heterocycles. The number of nitrogens with zero attached hydrogens (tertiary/aromatic N) is 1. The van der Waals surface area contributed by atoms with E-state index in [4.69, 9.17) is 0 Å². The monoisotopic (exact) mass is 163 g/mol. The number of aromatic nitrogens is 1. The van der Waals surface area contributed by atoms with Gasteiger partial charge in [0, 0.05) is 12.4 Å². The molecule has 0 radical (unpaired) electrons. The normalized spacial score (nSPS) is 7.38. The Morgan fingerprint density at radius 3 is 1.38 bits per heavy atom. The molecule has 13 heavy (non-hydrogen) atoms. The predicted molar refractivity (Wildman–Crippen MR) is 49.5 cm³/mol. The number of pyridine rings is 1. The SMILES string of the molecule is [Li+].[c-]1ccccc1.c1ccncc1. The molecule has 0 unspecified atom stereocenters. The van der Waals surface area contributed by atoms with Crippen LogP contribution in [0.4, 0.5) is 0 Å². The van der Waals surface area contributed by atoms with Crippen LogP contribution >= 0.6 is 0 Å². The molecule has 0 atom stereocenters.